The lowest BCUT2D eigenvalue weighted by Crippen LogP contribution is -2.13. The first-order chi connectivity index (χ1) is 13.0. The summed E-state index contributed by atoms with van der Waals surface area (Å²) in [4.78, 5) is 29.8. The van der Waals surface area contributed by atoms with Gasteiger partial charge in [-0.05, 0) is 18.2 Å². The van der Waals surface area contributed by atoms with Gasteiger partial charge in [-0.3, -0.25) is 10.1 Å². The SMILES string of the molecule is COC(=O)/C(=C(/O)COc1ccccc1[N+](=O)[O-])c1nc2ccccc2[nH]1. The number of imidazole rings is 1. The van der Waals surface area contributed by atoms with Gasteiger partial charge in [-0.15, -0.1) is 0 Å². The summed E-state index contributed by atoms with van der Waals surface area (Å²) < 4.78 is 10.0. The number of esters is 1. The maximum absolute atomic E-state index is 12.2. The fraction of sp³-hybridized carbons (Fsp3) is 0.111. The molecule has 0 aliphatic heterocycles. The second kappa shape index (κ2) is 7.56. The zero-order valence-electron chi connectivity index (χ0n) is 14.2. The number of aromatic amines is 1. The normalized spacial score (nSPS) is 11.7. The van der Waals surface area contributed by atoms with Crippen LogP contribution in [0, 0.1) is 10.1 Å². The van der Waals surface area contributed by atoms with Crippen LogP contribution in [0.5, 0.6) is 5.75 Å². The van der Waals surface area contributed by atoms with E-state index in [0.717, 1.165) is 0 Å². The average molecular weight is 369 g/mol. The number of carbonyl (C=O) groups excluding carboxylic acids is 1. The summed E-state index contributed by atoms with van der Waals surface area (Å²) in [5.74, 6) is -1.23. The van der Waals surface area contributed by atoms with Crippen LogP contribution in [0.2, 0.25) is 0 Å². The van der Waals surface area contributed by atoms with Gasteiger partial charge in [0, 0.05) is 6.07 Å². The highest BCUT2D eigenvalue weighted by molar-refractivity contribution is 6.16. The molecular weight excluding hydrogens is 354 g/mol. The van der Waals surface area contributed by atoms with Crippen molar-refractivity contribution in [3.63, 3.8) is 0 Å². The van der Waals surface area contributed by atoms with E-state index in [0.29, 0.717) is 11.0 Å². The Morgan fingerprint density at radius 3 is 2.63 bits per heavy atom. The zero-order chi connectivity index (χ0) is 19.4. The van der Waals surface area contributed by atoms with Crippen molar-refractivity contribution in [3.05, 3.63) is 70.2 Å². The fourth-order valence-corrected chi connectivity index (χ4v) is 2.47. The lowest BCUT2D eigenvalue weighted by Gasteiger charge is -2.09. The lowest BCUT2D eigenvalue weighted by atomic mass is 10.2. The van der Waals surface area contributed by atoms with Gasteiger partial charge in [-0.25, -0.2) is 9.78 Å². The molecule has 0 atom stereocenters. The Morgan fingerprint density at radius 1 is 1.22 bits per heavy atom. The maximum atomic E-state index is 12.2. The van der Waals surface area contributed by atoms with E-state index in [1.54, 1.807) is 30.3 Å². The number of ether oxygens (including phenoxy) is 2. The van der Waals surface area contributed by atoms with Crippen molar-refractivity contribution in [1.82, 2.24) is 9.97 Å². The van der Waals surface area contributed by atoms with Crippen LogP contribution < -0.4 is 4.74 Å². The Kier molecular flexibility index (Phi) is 5.02. The minimum atomic E-state index is -0.822. The monoisotopic (exact) mass is 369 g/mol. The molecule has 0 saturated heterocycles. The molecule has 1 heterocycles. The van der Waals surface area contributed by atoms with E-state index >= 15 is 0 Å². The first-order valence-electron chi connectivity index (χ1n) is 7.83. The van der Waals surface area contributed by atoms with Gasteiger partial charge in [0.15, 0.2) is 5.75 Å². The van der Waals surface area contributed by atoms with E-state index < -0.39 is 23.3 Å². The molecule has 2 aromatic carbocycles. The zero-order valence-corrected chi connectivity index (χ0v) is 14.2. The van der Waals surface area contributed by atoms with Crippen molar-refractivity contribution in [3.8, 4) is 5.75 Å². The smallest absolute Gasteiger partial charge is 0.345 e. The number of fused-ring (bicyclic) bond motifs is 1. The highest BCUT2D eigenvalue weighted by Gasteiger charge is 2.23. The van der Waals surface area contributed by atoms with Crippen LogP contribution in [0.4, 0.5) is 5.69 Å². The second-order valence-electron chi connectivity index (χ2n) is 5.43. The van der Waals surface area contributed by atoms with Crippen LogP contribution in [-0.2, 0) is 9.53 Å². The minimum Gasteiger partial charge on any atom is -0.508 e. The summed E-state index contributed by atoms with van der Waals surface area (Å²) in [7, 11) is 1.17. The predicted molar refractivity (Wildman–Crippen MR) is 96.2 cm³/mol. The van der Waals surface area contributed by atoms with Crippen LogP contribution in [0.15, 0.2) is 54.3 Å². The van der Waals surface area contributed by atoms with Crippen LogP contribution in [0.25, 0.3) is 16.6 Å². The number of hydrogen-bond acceptors (Lipinski definition) is 7. The molecule has 3 aromatic rings. The van der Waals surface area contributed by atoms with E-state index in [1.807, 2.05) is 0 Å². The summed E-state index contributed by atoms with van der Waals surface area (Å²) in [5, 5.41) is 21.4. The number of benzene rings is 2. The number of aliphatic hydroxyl groups is 1. The Labute approximate surface area is 153 Å². The first-order valence-corrected chi connectivity index (χ1v) is 7.83. The van der Waals surface area contributed by atoms with Crippen LogP contribution in [0.1, 0.15) is 5.82 Å². The molecule has 0 fully saturated rings. The summed E-state index contributed by atoms with van der Waals surface area (Å²) in [5.41, 5.74) is 0.795. The Bertz CT molecular complexity index is 1010. The molecule has 27 heavy (non-hydrogen) atoms. The van der Waals surface area contributed by atoms with Crippen LogP contribution in [-0.4, -0.2) is 39.7 Å². The average Bonchev–Trinajstić information content (AvgIpc) is 3.09. The quantitative estimate of drug-likeness (QED) is 0.225. The third kappa shape index (κ3) is 3.71. The molecule has 0 saturated carbocycles. The van der Waals surface area contributed by atoms with Crippen LogP contribution in [0.3, 0.4) is 0 Å². The summed E-state index contributed by atoms with van der Waals surface area (Å²) in [6, 6.07) is 12.8. The molecule has 138 valence electrons. The topological polar surface area (TPSA) is 128 Å². The number of methoxy groups -OCH3 is 1. The summed E-state index contributed by atoms with van der Waals surface area (Å²) in [6.45, 7) is -0.480. The van der Waals surface area contributed by atoms with Crippen molar-refractivity contribution >= 4 is 28.3 Å². The molecule has 0 bridgehead atoms. The molecule has 9 heteroatoms. The van der Waals surface area contributed by atoms with Gasteiger partial charge in [-0.2, -0.15) is 0 Å². The molecule has 0 radical (unpaired) electrons. The number of H-pyrrole nitrogens is 1. The minimum absolute atomic E-state index is 0.0390. The summed E-state index contributed by atoms with van der Waals surface area (Å²) >= 11 is 0. The molecule has 0 aliphatic carbocycles. The Balaban J connectivity index is 1.95. The van der Waals surface area contributed by atoms with Gasteiger partial charge in [0.1, 0.15) is 23.8 Å². The fourth-order valence-electron chi connectivity index (χ4n) is 2.47. The highest BCUT2D eigenvalue weighted by atomic mass is 16.6. The van der Waals surface area contributed by atoms with Crippen molar-refractivity contribution < 1.29 is 24.3 Å². The molecular formula is C18H15N3O6. The number of rotatable bonds is 6. The van der Waals surface area contributed by atoms with Gasteiger partial charge in [-0.1, -0.05) is 24.3 Å². The number of aromatic nitrogens is 2. The molecule has 0 unspecified atom stereocenters. The molecule has 0 spiro atoms. The number of para-hydroxylation sites is 4. The van der Waals surface area contributed by atoms with Gasteiger partial charge < -0.3 is 19.6 Å². The van der Waals surface area contributed by atoms with Gasteiger partial charge in [0.2, 0.25) is 0 Å². The number of nitrogens with one attached hydrogen (secondary N) is 1. The van der Waals surface area contributed by atoms with E-state index in [-0.39, 0.29) is 22.8 Å². The Hall–Kier alpha value is -3.88. The standard InChI is InChI=1S/C18H15N3O6/c1-26-18(23)16(17-19-11-6-2-3-7-12(11)20-17)14(22)10-27-15-9-5-4-8-13(15)21(24)25/h2-9,22H,10H2,1H3,(H,19,20)/b16-14+. The predicted octanol–water partition coefficient (Wildman–Crippen LogP) is 2.99. The largest absolute Gasteiger partial charge is 0.508 e. The highest BCUT2D eigenvalue weighted by Crippen LogP contribution is 2.27. The number of hydrogen-bond donors (Lipinski definition) is 2. The van der Waals surface area contributed by atoms with Crippen LogP contribution >= 0.6 is 0 Å². The summed E-state index contributed by atoms with van der Waals surface area (Å²) in [6.07, 6.45) is 0. The lowest BCUT2D eigenvalue weighted by molar-refractivity contribution is -0.385. The van der Waals surface area contributed by atoms with Crippen molar-refractivity contribution in [2.24, 2.45) is 0 Å². The van der Waals surface area contributed by atoms with Crippen molar-refractivity contribution in [1.29, 1.82) is 0 Å². The van der Waals surface area contributed by atoms with E-state index in [9.17, 15) is 20.0 Å². The van der Waals surface area contributed by atoms with Gasteiger partial charge >= 0.3 is 11.7 Å². The third-order valence-corrected chi connectivity index (χ3v) is 3.73. The van der Waals surface area contributed by atoms with Gasteiger partial charge in [0.05, 0.1) is 23.1 Å². The molecule has 3 rings (SSSR count). The van der Waals surface area contributed by atoms with Crippen molar-refractivity contribution in [2.45, 2.75) is 0 Å². The van der Waals surface area contributed by atoms with E-state index in [2.05, 4.69) is 9.97 Å². The molecule has 2 N–H and O–H groups in total. The molecule has 0 aliphatic rings. The number of nitro benzene ring substituents is 1. The maximum Gasteiger partial charge on any atom is 0.345 e. The second-order valence-corrected chi connectivity index (χ2v) is 5.43. The molecule has 9 nitrogen and oxygen atoms in total. The van der Waals surface area contributed by atoms with E-state index in [4.69, 9.17) is 9.47 Å². The Morgan fingerprint density at radius 2 is 1.93 bits per heavy atom. The van der Waals surface area contributed by atoms with E-state index in [1.165, 1.54) is 25.3 Å². The third-order valence-electron chi connectivity index (χ3n) is 3.73. The van der Waals surface area contributed by atoms with Gasteiger partial charge in [0.25, 0.3) is 0 Å². The number of aliphatic hydroxyl groups excluding tert-OH is 1. The molecule has 1 aromatic heterocycles. The number of nitrogens with zero attached hydrogens (tertiary/aromatic N) is 2. The number of nitro groups is 1. The number of carbonyl (C=O) groups is 1. The first kappa shape index (κ1) is 17.9. The van der Waals surface area contributed by atoms with Crippen molar-refractivity contribution in [2.75, 3.05) is 13.7 Å². The molecule has 0 amide bonds.